The molecule has 5 atom stereocenters. The van der Waals surface area contributed by atoms with Gasteiger partial charge in [-0.1, -0.05) is 0 Å². The van der Waals surface area contributed by atoms with E-state index in [1.165, 1.54) is 0 Å². The van der Waals surface area contributed by atoms with Crippen molar-refractivity contribution in [1.29, 1.82) is 0 Å². The van der Waals surface area contributed by atoms with Gasteiger partial charge in [0.25, 0.3) is 0 Å². The molecule has 1 heterocycles. The zero-order valence-corrected chi connectivity index (χ0v) is 12.3. The predicted octanol–water partition coefficient (Wildman–Crippen LogP) is -1.93. The lowest BCUT2D eigenvalue weighted by Gasteiger charge is -2.40. The van der Waals surface area contributed by atoms with Crippen molar-refractivity contribution in [2.45, 2.75) is 68.4 Å². The zero-order chi connectivity index (χ0) is 16.3. The summed E-state index contributed by atoms with van der Waals surface area (Å²) in [5.41, 5.74) is -0.970. The van der Waals surface area contributed by atoms with Gasteiger partial charge in [-0.15, -0.1) is 0 Å². The Morgan fingerprint density at radius 1 is 1.14 bits per heavy atom. The zero-order valence-electron chi connectivity index (χ0n) is 12.3. The van der Waals surface area contributed by atoms with E-state index in [2.05, 4.69) is 0 Å². The largest absolute Gasteiger partial charge is 0.394 e. The fourth-order valence-electron chi connectivity index (χ4n) is 2.81. The molecule has 0 spiro atoms. The van der Waals surface area contributed by atoms with Gasteiger partial charge in [-0.05, 0) is 19.3 Å². The van der Waals surface area contributed by atoms with Gasteiger partial charge in [0.2, 0.25) is 0 Å². The standard InChI is InChI=1S/C14H24O8/c15-7-9-10(17)11(18)12(19)13(22-9)21-6-5-14(20)3-1-8(16)2-4-14/h9-13,15,17-20H,1-7H2/t9-,10-,11+,12-,13-/m1/s1. The number of rotatable bonds is 5. The van der Waals surface area contributed by atoms with Crippen LogP contribution in [0.3, 0.4) is 0 Å². The van der Waals surface area contributed by atoms with Gasteiger partial charge in [-0.2, -0.15) is 0 Å². The highest BCUT2D eigenvalue weighted by Gasteiger charge is 2.44. The van der Waals surface area contributed by atoms with Crippen molar-refractivity contribution in [1.82, 2.24) is 0 Å². The molecule has 5 N–H and O–H groups in total. The lowest BCUT2D eigenvalue weighted by Crippen LogP contribution is -2.59. The minimum Gasteiger partial charge on any atom is -0.394 e. The second kappa shape index (κ2) is 7.31. The highest BCUT2D eigenvalue weighted by molar-refractivity contribution is 5.79. The molecule has 0 radical (unpaired) electrons. The third-order valence-electron chi connectivity index (χ3n) is 4.44. The summed E-state index contributed by atoms with van der Waals surface area (Å²) in [6.07, 6.45) is -4.83. The molecule has 0 amide bonds. The van der Waals surface area contributed by atoms with E-state index in [1.807, 2.05) is 0 Å². The van der Waals surface area contributed by atoms with E-state index < -0.39 is 42.9 Å². The summed E-state index contributed by atoms with van der Waals surface area (Å²) >= 11 is 0. The first-order chi connectivity index (χ1) is 10.4. The van der Waals surface area contributed by atoms with Crippen LogP contribution < -0.4 is 0 Å². The fraction of sp³-hybridized carbons (Fsp3) is 0.929. The predicted molar refractivity (Wildman–Crippen MR) is 72.8 cm³/mol. The minimum atomic E-state index is -1.48. The smallest absolute Gasteiger partial charge is 0.186 e. The molecular weight excluding hydrogens is 296 g/mol. The maximum absolute atomic E-state index is 11.2. The summed E-state index contributed by atoms with van der Waals surface area (Å²) < 4.78 is 10.5. The van der Waals surface area contributed by atoms with E-state index in [0.717, 1.165) is 0 Å². The average molecular weight is 320 g/mol. The van der Waals surface area contributed by atoms with Gasteiger partial charge in [0.05, 0.1) is 18.8 Å². The number of carbonyl (C=O) groups excluding carboxylic acids is 1. The Hall–Kier alpha value is -0.610. The number of hydrogen-bond donors (Lipinski definition) is 5. The van der Waals surface area contributed by atoms with E-state index in [4.69, 9.17) is 14.6 Å². The van der Waals surface area contributed by atoms with Crippen molar-refractivity contribution in [3.63, 3.8) is 0 Å². The van der Waals surface area contributed by atoms with Crippen LogP contribution in [-0.4, -0.2) is 80.8 Å². The van der Waals surface area contributed by atoms with E-state index in [-0.39, 0.29) is 18.8 Å². The SMILES string of the molecule is O=C1CCC(O)(CCO[C@@H]2O[C@H](CO)[C@@H](O)[C@H](O)[C@H]2O)CC1. The summed E-state index contributed by atoms with van der Waals surface area (Å²) in [6, 6.07) is 0. The highest BCUT2D eigenvalue weighted by Crippen LogP contribution is 2.30. The number of ketones is 1. The number of Topliss-reactive ketones (excluding diaryl/α,β-unsaturated/α-hetero) is 1. The Balaban J connectivity index is 1.81. The molecule has 0 unspecified atom stereocenters. The molecule has 1 aliphatic heterocycles. The summed E-state index contributed by atoms with van der Waals surface area (Å²) in [4.78, 5) is 11.2. The number of carbonyl (C=O) groups is 1. The maximum Gasteiger partial charge on any atom is 0.186 e. The third-order valence-corrected chi connectivity index (χ3v) is 4.44. The van der Waals surface area contributed by atoms with Gasteiger partial charge in [0.1, 0.15) is 30.2 Å². The van der Waals surface area contributed by atoms with Crippen LogP contribution >= 0.6 is 0 Å². The van der Waals surface area contributed by atoms with Gasteiger partial charge in [0.15, 0.2) is 6.29 Å². The van der Waals surface area contributed by atoms with Gasteiger partial charge in [0, 0.05) is 12.8 Å². The van der Waals surface area contributed by atoms with Gasteiger partial charge < -0.3 is 35.0 Å². The fourth-order valence-corrected chi connectivity index (χ4v) is 2.81. The first-order valence-electron chi connectivity index (χ1n) is 7.52. The first-order valence-corrected chi connectivity index (χ1v) is 7.52. The van der Waals surface area contributed by atoms with Crippen molar-refractivity contribution in [2.24, 2.45) is 0 Å². The van der Waals surface area contributed by atoms with Crippen LogP contribution in [0.1, 0.15) is 32.1 Å². The van der Waals surface area contributed by atoms with Crippen molar-refractivity contribution >= 4 is 5.78 Å². The second-order valence-corrected chi connectivity index (χ2v) is 6.08. The van der Waals surface area contributed by atoms with Crippen molar-refractivity contribution < 1.29 is 39.8 Å². The van der Waals surface area contributed by atoms with Crippen LogP contribution in [-0.2, 0) is 14.3 Å². The normalized spacial score (nSPS) is 39.0. The molecule has 128 valence electrons. The number of ether oxygens (including phenoxy) is 2. The van der Waals surface area contributed by atoms with Crippen molar-refractivity contribution in [3.05, 3.63) is 0 Å². The van der Waals surface area contributed by atoms with E-state index in [1.54, 1.807) is 0 Å². The molecule has 22 heavy (non-hydrogen) atoms. The molecule has 0 aromatic heterocycles. The molecule has 0 bridgehead atoms. The quantitative estimate of drug-likeness (QED) is 0.395. The minimum absolute atomic E-state index is 0.0629. The monoisotopic (exact) mass is 320 g/mol. The van der Waals surface area contributed by atoms with E-state index in [0.29, 0.717) is 25.7 Å². The van der Waals surface area contributed by atoms with Crippen molar-refractivity contribution in [2.75, 3.05) is 13.2 Å². The molecule has 2 aliphatic rings. The summed E-state index contributed by atoms with van der Waals surface area (Å²) in [5, 5.41) is 48.5. The van der Waals surface area contributed by atoms with Gasteiger partial charge in [-0.25, -0.2) is 0 Å². The molecule has 1 saturated heterocycles. The lowest BCUT2D eigenvalue weighted by atomic mass is 9.82. The lowest BCUT2D eigenvalue weighted by molar-refractivity contribution is -0.302. The molecule has 1 aliphatic carbocycles. The molecule has 0 aromatic carbocycles. The summed E-state index contributed by atoms with van der Waals surface area (Å²) in [5.74, 6) is 0.138. The molecule has 0 aromatic rings. The van der Waals surface area contributed by atoms with E-state index >= 15 is 0 Å². The first kappa shape index (κ1) is 17.7. The Morgan fingerprint density at radius 2 is 1.77 bits per heavy atom. The number of aliphatic hydroxyl groups is 5. The third kappa shape index (κ3) is 4.02. The molecule has 2 rings (SSSR count). The topological polar surface area (TPSA) is 137 Å². The molecular formula is C14H24O8. The second-order valence-electron chi connectivity index (χ2n) is 6.08. The van der Waals surface area contributed by atoms with Gasteiger partial charge in [-0.3, -0.25) is 4.79 Å². The summed E-state index contributed by atoms with van der Waals surface area (Å²) in [7, 11) is 0. The molecule has 8 nitrogen and oxygen atoms in total. The Bertz CT molecular complexity index is 375. The Kier molecular flexibility index (Phi) is 5.89. The van der Waals surface area contributed by atoms with Crippen LogP contribution in [0.4, 0.5) is 0 Å². The number of hydrogen-bond acceptors (Lipinski definition) is 8. The van der Waals surface area contributed by atoms with Crippen LogP contribution in [0, 0.1) is 0 Å². The average Bonchev–Trinajstić information content (AvgIpc) is 2.50. The number of aliphatic hydroxyl groups excluding tert-OH is 4. The maximum atomic E-state index is 11.2. The molecule has 2 fully saturated rings. The van der Waals surface area contributed by atoms with Crippen LogP contribution in [0.5, 0.6) is 0 Å². The highest BCUT2D eigenvalue weighted by atomic mass is 16.7. The van der Waals surface area contributed by atoms with Gasteiger partial charge >= 0.3 is 0 Å². The Morgan fingerprint density at radius 3 is 2.36 bits per heavy atom. The summed E-state index contributed by atoms with van der Waals surface area (Å²) in [6.45, 7) is -0.454. The van der Waals surface area contributed by atoms with Crippen molar-refractivity contribution in [3.8, 4) is 0 Å². The van der Waals surface area contributed by atoms with E-state index in [9.17, 15) is 25.2 Å². The van der Waals surface area contributed by atoms with Crippen LogP contribution in [0.15, 0.2) is 0 Å². The Labute approximate surface area is 128 Å². The van der Waals surface area contributed by atoms with Crippen LogP contribution in [0.25, 0.3) is 0 Å². The van der Waals surface area contributed by atoms with Crippen LogP contribution in [0.2, 0.25) is 0 Å². The molecule has 8 heteroatoms. The molecule has 1 saturated carbocycles.